The molecule has 0 radical (unpaired) electrons. The van der Waals surface area contributed by atoms with Crippen molar-refractivity contribution in [1.82, 2.24) is 0 Å². The Morgan fingerprint density at radius 2 is 1.81 bits per heavy atom. The lowest BCUT2D eigenvalue weighted by Gasteiger charge is -2.29. The topological polar surface area (TPSA) is 29.3 Å². The van der Waals surface area contributed by atoms with Gasteiger partial charge < -0.3 is 10.6 Å². The first-order valence-electron chi connectivity index (χ1n) is 7.43. The largest absolute Gasteiger partial charge is 0.371 e. The maximum absolute atomic E-state index is 13.4. The van der Waals surface area contributed by atoms with Crippen LogP contribution in [0, 0.1) is 11.7 Å². The van der Waals surface area contributed by atoms with Crippen molar-refractivity contribution in [2.24, 2.45) is 11.7 Å². The number of rotatable bonds is 6. The van der Waals surface area contributed by atoms with Crippen LogP contribution in [0.3, 0.4) is 0 Å². The van der Waals surface area contributed by atoms with Crippen LogP contribution in [-0.4, -0.2) is 13.1 Å². The minimum Gasteiger partial charge on any atom is -0.371 e. The fourth-order valence-electron chi connectivity index (χ4n) is 2.55. The lowest BCUT2D eigenvalue weighted by Crippen LogP contribution is -2.33. The third-order valence-electron chi connectivity index (χ3n) is 3.86. The molecule has 0 bridgehead atoms. The average Bonchev–Trinajstić information content (AvgIpc) is 2.52. The molecule has 0 aliphatic heterocycles. The molecule has 0 spiro atoms. The molecule has 0 fully saturated rings. The SMILES string of the molecule is CCN(CC(C)C(N)c1ccccc1)c1cccc(F)c1. The Hall–Kier alpha value is -1.87. The highest BCUT2D eigenvalue weighted by Gasteiger charge is 2.18. The van der Waals surface area contributed by atoms with Gasteiger partial charge in [-0.1, -0.05) is 43.3 Å². The van der Waals surface area contributed by atoms with E-state index in [0.29, 0.717) is 0 Å². The highest BCUT2D eigenvalue weighted by molar-refractivity contribution is 5.46. The van der Waals surface area contributed by atoms with Crippen LogP contribution in [0.15, 0.2) is 54.6 Å². The molecule has 2 unspecified atom stereocenters. The monoisotopic (exact) mass is 286 g/mol. The highest BCUT2D eigenvalue weighted by Crippen LogP contribution is 2.23. The molecule has 21 heavy (non-hydrogen) atoms. The third-order valence-corrected chi connectivity index (χ3v) is 3.86. The fraction of sp³-hybridized carbons (Fsp3) is 0.333. The number of halogens is 1. The maximum Gasteiger partial charge on any atom is 0.125 e. The molecule has 0 aliphatic rings. The van der Waals surface area contributed by atoms with Crippen molar-refractivity contribution in [2.75, 3.05) is 18.0 Å². The molecule has 0 heterocycles. The number of hydrogen-bond donors (Lipinski definition) is 1. The van der Waals surface area contributed by atoms with E-state index in [9.17, 15) is 4.39 Å². The van der Waals surface area contributed by atoms with Gasteiger partial charge in [0.05, 0.1) is 0 Å². The Kier molecular flexibility index (Phi) is 5.34. The molecule has 2 atom stereocenters. The zero-order valence-electron chi connectivity index (χ0n) is 12.7. The van der Waals surface area contributed by atoms with Gasteiger partial charge in [0.25, 0.3) is 0 Å². The second-order valence-electron chi connectivity index (χ2n) is 5.43. The van der Waals surface area contributed by atoms with E-state index in [-0.39, 0.29) is 17.8 Å². The molecule has 0 aromatic heterocycles. The molecule has 3 heteroatoms. The van der Waals surface area contributed by atoms with Crippen LogP contribution in [0.2, 0.25) is 0 Å². The lowest BCUT2D eigenvalue weighted by molar-refractivity contribution is 0.465. The Bertz CT molecular complexity index is 556. The molecule has 112 valence electrons. The van der Waals surface area contributed by atoms with Crippen molar-refractivity contribution in [1.29, 1.82) is 0 Å². The molecule has 2 aromatic rings. The first-order chi connectivity index (χ1) is 10.1. The number of nitrogens with zero attached hydrogens (tertiary/aromatic N) is 1. The van der Waals surface area contributed by atoms with Crippen LogP contribution in [0.1, 0.15) is 25.5 Å². The predicted molar refractivity (Wildman–Crippen MR) is 86.8 cm³/mol. The lowest BCUT2D eigenvalue weighted by atomic mass is 9.95. The summed E-state index contributed by atoms with van der Waals surface area (Å²) in [6, 6.07) is 16.8. The van der Waals surface area contributed by atoms with Crippen LogP contribution < -0.4 is 10.6 Å². The van der Waals surface area contributed by atoms with E-state index in [1.165, 1.54) is 6.07 Å². The van der Waals surface area contributed by atoms with Crippen LogP contribution in [0.5, 0.6) is 0 Å². The second-order valence-corrected chi connectivity index (χ2v) is 5.43. The third kappa shape index (κ3) is 4.05. The summed E-state index contributed by atoms with van der Waals surface area (Å²) in [5.41, 5.74) is 8.39. The van der Waals surface area contributed by atoms with E-state index in [2.05, 4.69) is 30.9 Å². The molecular weight excluding hydrogens is 263 g/mol. The van der Waals surface area contributed by atoms with Crippen molar-refractivity contribution in [2.45, 2.75) is 19.9 Å². The predicted octanol–water partition coefficient (Wildman–Crippen LogP) is 3.99. The summed E-state index contributed by atoms with van der Waals surface area (Å²) in [6.07, 6.45) is 0. The Morgan fingerprint density at radius 1 is 1.10 bits per heavy atom. The van der Waals surface area contributed by atoms with Gasteiger partial charge in [-0.25, -0.2) is 4.39 Å². The van der Waals surface area contributed by atoms with Gasteiger partial charge in [0.2, 0.25) is 0 Å². The summed E-state index contributed by atoms with van der Waals surface area (Å²) >= 11 is 0. The van der Waals surface area contributed by atoms with Crippen molar-refractivity contribution in [3.63, 3.8) is 0 Å². The van der Waals surface area contributed by atoms with E-state index in [1.807, 2.05) is 24.3 Å². The van der Waals surface area contributed by atoms with Crippen LogP contribution in [0.25, 0.3) is 0 Å². The Morgan fingerprint density at radius 3 is 2.43 bits per heavy atom. The second kappa shape index (κ2) is 7.23. The molecular formula is C18H23FN2. The van der Waals surface area contributed by atoms with Crippen molar-refractivity contribution >= 4 is 5.69 Å². The standard InChI is InChI=1S/C18H23FN2/c1-3-21(17-11-7-10-16(19)12-17)13-14(2)18(20)15-8-5-4-6-9-15/h4-12,14,18H,3,13,20H2,1-2H3. The van der Waals surface area contributed by atoms with Gasteiger partial charge in [-0.05, 0) is 36.6 Å². The van der Waals surface area contributed by atoms with E-state index >= 15 is 0 Å². The summed E-state index contributed by atoms with van der Waals surface area (Å²) in [7, 11) is 0. The van der Waals surface area contributed by atoms with Gasteiger partial charge in [-0.2, -0.15) is 0 Å². The first kappa shape index (κ1) is 15.5. The van der Waals surface area contributed by atoms with Gasteiger partial charge in [-0.3, -0.25) is 0 Å². The quantitative estimate of drug-likeness (QED) is 0.870. The first-order valence-corrected chi connectivity index (χ1v) is 7.43. The fourth-order valence-corrected chi connectivity index (χ4v) is 2.55. The molecule has 0 saturated heterocycles. The zero-order chi connectivity index (χ0) is 15.2. The minimum atomic E-state index is -0.203. The van der Waals surface area contributed by atoms with Crippen LogP contribution >= 0.6 is 0 Å². The van der Waals surface area contributed by atoms with Gasteiger partial charge in [0, 0.05) is 24.8 Å². The molecule has 0 aliphatic carbocycles. The van der Waals surface area contributed by atoms with Crippen molar-refractivity contribution < 1.29 is 4.39 Å². The molecule has 0 amide bonds. The summed E-state index contributed by atoms with van der Waals surface area (Å²) in [5, 5.41) is 0. The summed E-state index contributed by atoms with van der Waals surface area (Å²) in [4.78, 5) is 2.16. The number of hydrogen-bond acceptors (Lipinski definition) is 2. The maximum atomic E-state index is 13.4. The van der Waals surface area contributed by atoms with E-state index in [0.717, 1.165) is 24.3 Å². The molecule has 2 N–H and O–H groups in total. The smallest absolute Gasteiger partial charge is 0.125 e. The summed E-state index contributed by atoms with van der Waals surface area (Å²) in [6.45, 7) is 5.84. The van der Waals surface area contributed by atoms with E-state index in [4.69, 9.17) is 5.73 Å². The van der Waals surface area contributed by atoms with Crippen LogP contribution in [0.4, 0.5) is 10.1 Å². The zero-order valence-corrected chi connectivity index (χ0v) is 12.7. The Labute approximate surface area is 126 Å². The summed E-state index contributed by atoms with van der Waals surface area (Å²) < 4.78 is 13.4. The van der Waals surface area contributed by atoms with Crippen LogP contribution in [-0.2, 0) is 0 Å². The number of nitrogens with two attached hydrogens (primary N) is 1. The molecule has 2 aromatic carbocycles. The van der Waals surface area contributed by atoms with Crippen molar-refractivity contribution in [3.05, 3.63) is 66.0 Å². The number of benzene rings is 2. The minimum absolute atomic E-state index is 0.0196. The normalized spacial score (nSPS) is 13.7. The molecule has 0 saturated carbocycles. The van der Waals surface area contributed by atoms with E-state index < -0.39 is 0 Å². The number of anilines is 1. The Balaban J connectivity index is 2.08. The molecule has 2 rings (SSSR count). The molecule has 2 nitrogen and oxygen atoms in total. The average molecular weight is 286 g/mol. The summed E-state index contributed by atoms with van der Waals surface area (Å²) in [5.74, 6) is 0.0709. The van der Waals surface area contributed by atoms with Gasteiger partial charge >= 0.3 is 0 Å². The van der Waals surface area contributed by atoms with Gasteiger partial charge in [0.1, 0.15) is 5.82 Å². The highest BCUT2D eigenvalue weighted by atomic mass is 19.1. The van der Waals surface area contributed by atoms with Crippen molar-refractivity contribution in [3.8, 4) is 0 Å². The van der Waals surface area contributed by atoms with E-state index in [1.54, 1.807) is 12.1 Å². The van der Waals surface area contributed by atoms with Gasteiger partial charge in [-0.15, -0.1) is 0 Å². The van der Waals surface area contributed by atoms with Gasteiger partial charge in [0.15, 0.2) is 0 Å².